The Labute approximate surface area is 167 Å². The topological polar surface area (TPSA) is 72.3 Å². The lowest BCUT2D eigenvalue weighted by Gasteiger charge is -2.21. The van der Waals surface area contributed by atoms with E-state index < -0.39 is 5.82 Å². The molecule has 1 N–H and O–H groups in total. The van der Waals surface area contributed by atoms with Crippen molar-refractivity contribution in [2.75, 3.05) is 30.4 Å². The van der Waals surface area contributed by atoms with Crippen LogP contribution in [-0.2, 0) is 7.05 Å². The maximum absolute atomic E-state index is 14.1. The Morgan fingerprint density at radius 3 is 2.90 bits per heavy atom. The monoisotopic (exact) mass is 395 g/mol. The predicted molar refractivity (Wildman–Crippen MR) is 110 cm³/mol. The van der Waals surface area contributed by atoms with Crippen LogP contribution in [-0.4, -0.2) is 40.8 Å². The molecule has 2 aromatic heterocycles. The van der Waals surface area contributed by atoms with Gasteiger partial charge in [-0.15, -0.1) is 0 Å². The van der Waals surface area contributed by atoms with Crippen LogP contribution in [0.5, 0.6) is 5.75 Å². The molecule has 0 unspecified atom stereocenters. The molecule has 1 saturated heterocycles. The van der Waals surface area contributed by atoms with Gasteiger partial charge in [0, 0.05) is 44.0 Å². The Morgan fingerprint density at radius 2 is 2.10 bits per heavy atom. The molecule has 3 aromatic rings. The van der Waals surface area contributed by atoms with Crippen molar-refractivity contribution >= 4 is 11.6 Å². The van der Waals surface area contributed by atoms with Gasteiger partial charge in [-0.3, -0.25) is 14.3 Å². The number of hydrogen-bond donors (Lipinski definition) is 1. The second-order valence-electron chi connectivity index (χ2n) is 6.97. The molecule has 1 aliphatic rings. The van der Waals surface area contributed by atoms with Crippen LogP contribution in [0.1, 0.15) is 6.42 Å². The lowest BCUT2D eigenvalue weighted by Crippen LogP contribution is -2.32. The maximum Gasteiger partial charge on any atom is 0.255 e. The SMILES string of the molecule is COc1ccccc1N[C@@H]1CCN(c2nc(-c3ccncc3F)cc(=O)n2C)C1. The van der Waals surface area contributed by atoms with Gasteiger partial charge in [-0.1, -0.05) is 12.1 Å². The summed E-state index contributed by atoms with van der Waals surface area (Å²) in [4.78, 5) is 22.9. The molecule has 29 heavy (non-hydrogen) atoms. The third-order valence-corrected chi connectivity index (χ3v) is 5.10. The van der Waals surface area contributed by atoms with Gasteiger partial charge >= 0.3 is 0 Å². The molecule has 1 fully saturated rings. The van der Waals surface area contributed by atoms with E-state index in [0.717, 1.165) is 30.6 Å². The fraction of sp³-hybridized carbons (Fsp3) is 0.286. The highest BCUT2D eigenvalue weighted by molar-refractivity contribution is 5.61. The van der Waals surface area contributed by atoms with Crippen LogP contribution < -0.4 is 20.5 Å². The first kappa shape index (κ1) is 18.9. The smallest absolute Gasteiger partial charge is 0.255 e. The quantitative estimate of drug-likeness (QED) is 0.716. The number of halogens is 1. The van der Waals surface area contributed by atoms with Gasteiger partial charge in [0.05, 0.1) is 24.7 Å². The Balaban J connectivity index is 1.59. The Hall–Kier alpha value is -3.42. The molecule has 150 valence electrons. The van der Waals surface area contributed by atoms with Crippen LogP contribution in [0.3, 0.4) is 0 Å². The molecule has 0 aliphatic carbocycles. The van der Waals surface area contributed by atoms with E-state index in [2.05, 4.69) is 15.3 Å². The van der Waals surface area contributed by atoms with Crippen molar-refractivity contribution in [1.29, 1.82) is 0 Å². The van der Waals surface area contributed by atoms with E-state index in [4.69, 9.17) is 4.74 Å². The first-order valence-corrected chi connectivity index (χ1v) is 9.39. The van der Waals surface area contributed by atoms with Crippen molar-refractivity contribution in [3.8, 4) is 17.0 Å². The fourth-order valence-electron chi connectivity index (χ4n) is 3.57. The van der Waals surface area contributed by atoms with Crippen LogP contribution >= 0.6 is 0 Å². The average molecular weight is 395 g/mol. The van der Waals surface area contributed by atoms with Crippen LogP contribution in [0.25, 0.3) is 11.3 Å². The summed E-state index contributed by atoms with van der Waals surface area (Å²) in [7, 11) is 3.32. The highest BCUT2D eigenvalue weighted by Gasteiger charge is 2.26. The minimum Gasteiger partial charge on any atom is -0.495 e. The van der Waals surface area contributed by atoms with Gasteiger partial charge in [-0.2, -0.15) is 0 Å². The lowest BCUT2D eigenvalue weighted by atomic mass is 10.2. The summed E-state index contributed by atoms with van der Waals surface area (Å²) in [6.45, 7) is 1.40. The highest BCUT2D eigenvalue weighted by atomic mass is 19.1. The number of rotatable bonds is 5. The third-order valence-electron chi connectivity index (χ3n) is 5.10. The number of ether oxygens (including phenoxy) is 1. The maximum atomic E-state index is 14.1. The number of hydrogen-bond acceptors (Lipinski definition) is 6. The van der Waals surface area contributed by atoms with Crippen molar-refractivity contribution in [2.24, 2.45) is 7.05 Å². The zero-order chi connectivity index (χ0) is 20.4. The second-order valence-corrected chi connectivity index (χ2v) is 6.97. The Morgan fingerprint density at radius 1 is 1.28 bits per heavy atom. The van der Waals surface area contributed by atoms with Gasteiger partial charge in [0.15, 0.2) is 5.82 Å². The van der Waals surface area contributed by atoms with Crippen LogP contribution in [0.2, 0.25) is 0 Å². The number of nitrogens with one attached hydrogen (secondary N) is 1. The minimum absolute atomic E-state index is 0.171. The molecule has 0 spiro atoms. The summed E-state index contributed by atoms with van der Waals surface area (Å²) in [5, 5.41) is 3.50. The molecule has 0 saturated carbocycles. The summed E-state index contributed by atoms with van der Waals surface area (Å²) < 4.78 is 21.0. The van der Waals surface area contributed by atoms with Crippen molar-refractivity contribution in [2.45, 2.75) is 12.5 Å². The molecule has 1 atom stereocenters. The summed E-state index contributed by atoms with van der Waals surface area (Å²) in [5.41, 5.74) is 1.27. The van der Waals surface area contributed by atoms with Gasteiger partial charge < -0.3 is 15.0 Å². The molecule has 1 aromatic carbocycles. The van der Waals surface area contributed by atoms with Crippen LogP contribution in [0, 0.1) is 5.82 Å². The largest absolute Gasteiger partial charge is 0.495 e. The summed E-state index contributed by atoms with van der Waals surface area (Å²) in [5.74, 6) is 0.802. The highest BCUT2D eigenvalue weighted by Crippen LogP contribution is 2.27. The molecule has 0 radical (unpaired) electrons. The molecule has 0 bridgehead atoms. The van der Waals surface area contributed by atoms with E-state index in [1.807, 2.05) is 29.2 Å². The first-order chi connectivity index (χ1) is 14.1. The Bertz CT molecular complexity index is 1080. The molecular weight excluding hydrogens is 373 g/mol. The molecule has 0 amide bonds. The van der Waals surface area contributed by atoms with Gasteiger partial charge in [0.2, 0.25) is 5.95 Å². The van der Waals surface area contributed by atoms with Crippen molar-refractivity contribution < 1.29 is 9.13 Å². The zero-order valence-corrected chi connectivity index (χ0v) is 16.3. The number of methoxy groups -OCH3 is 1. The number of benzene rings is 1. The summed E-state index contributed by atoms with van der Waals surface area (Å²) in [6, 6.07) is 10.8. The van der Waals surface area contributed by atoms with E-state index in [1.54, 1.807) is 14.2 Å². The average Bonchev–Trinajstić information content (AvgIpc) is 3.19. The number of para-hydroxylation sites is 2. The molecule has 8 heteroatoms. The number of nitrogens with zero attached hydrogens (tertiary/aromatic N) is 4. The van der Waals surface area contributed by atoms with E-state index in [-0.39, 0.29) is 17.2 Å². The Kier molecular flexibility index (Phi) is 5.16. The molecule has 1 aliphatic heterocycles. The molecule has 7 nitrogen and oxygen atoms in total. The standard InChI is InChI=1S/C21H22FN5O2/c1-26-20(28)11-18(15-7-9-23-12-16(15)22)25-21(26)27-10-8-14(13-27)24-17-5-3-4-6-19(17)29-2/h3-7,9,11-12,14,24H,8,10,13H2,1-2H3/t14-/m1/s1. The predicted octanol–water partition coefficient (Wildman–Crippen LogP) is 2.68. The third kappa shape index (κ3) is 3.78. The zero-order valence-electron chi connectivity index (χ0n) is 16.3. The van der Waals surface area contributed by atoms with E-state index in [0.29, 0.717) is 18.2 Å². The van der Waals surface area contributed by atoms with Crippen molar-refractivity contribution in [3.63, 3.8) is 0 Å². The summed E-state index contributed by atoms with van der Waals surface area (Å²) in [6.07, 6.45) is 3.49. The van der Waals surface area contributed by atoms with Crippen LogP contribution in [0.15, 0.2) is 53.6 Å². The lowest BCUT2D eigenvalue weighted by molar-refractivity contribution is 0.416. The van der Waals surface area contributed by atoms with Gasteiger partial charge in [-0.05, 0) is 24.6 Å². The first-order valence-electron chi connectivity index (χ1n) is 9.39. The summed E-state index contributed by atoms with van der Waals surface area (Å²) >= 11 is 0. The van der Waals surface area contributed by atoms with Crippen molar-refractivity contribution in [1.82, 2.24) is 14.5 Å². The van der Waals surface area contributed by atoms with Gasteiger partial charge in [0.1, 0.15) is 5.75 Å². The van der Waals surface area contributed by atoms with Gasteiger partial charge in [0.25, 0.3) is 5.56 Å². The molecular formula is C21H22FN5O2. The van der Waals surface area contributed by atoms with Crippen LogP contribution in [0.4, 0.5) is 16.0 Å². The van der Waals surface area contributed by atoms with E-state index in [9.17, 15) is 9.18 Å². The minimum atomic E-state index is -0.503. The molecule has 4 rings (SSSR count). The number of pyridine rings is 1. The fourth-order valence-corrected chi connectivity index (χ4v) is 3.57. The van der Waals surface area contributed by atoms with E-state index in [1.165, 1.54) is 22.9 Å². The van der Waals surface area contributed by atoms with E-state index >= 15 is 0 Å². The number of anilines is 2. The van der Waals surface area contributed by atoms with Gasteiger partial charge in [-0.25, -0.2) is 9.37 Å². The van der Waals surface area contributed by atoms with Crippen molar-refractivity contribution in [3.05, 3.63) is 65.0 Å². The molecule has 3 heterocycles. The number of aromatic nitrogens is 3. The second kappa shape index (κ2) is 7.90. The normalized spacial score (nSPS) is 16.1.